The van der Waals surface area contributed by atoms with Crippen molar-refractivity contribution in [1.29, 1.82) is 0 Å². The minimum atomic E-state index is -0.0852. The molecule has 2 atom stereocenters. The molecule has 2 rings (SSSR count). The molecule has 0 spiro atoms. The van der Waals surface area contributed by atoms with Crippen molar-refractivity contribution in [3.05, 3.63) is 0 Å². The first-order valence-electron chi connectivity index (χ1n) is 7.19. The highest BCUT2D eigenvalue weighted by molar-refractivity contribution is 7.99. The van der Waals surface area contributed by atoms with Gasteiger partial charge in [0.05, 0.1) is 12.3 Å². The lowest BCUT2D eigenvalue weighted by molar-refractivity contribution is -0.0979. The van der Waals surface area contributed by atoms with Gasteiger partial charge >= 0.3 is 0 Å². The molecule has 2 unspecified atom stereocenters. The molecular formula is C14H28N2O2S. The Kier molecular flexibility index (Phi) is 7.99. The molecule has 4 nitrogen and oxygen atoms in total. The second-order valence-corrected chi connectivity index (χ2v) is 6.92. The highest BCUT2D eigenvalue weighted by Crippen LogP contribution is 2.24. The van der Waals surface area contributed by atoms with E-state index in [0.717, 1.165) is 19.4 Å². The molecule has 0 amide bonds. The molecule has 2 aliphatic rings. The maximum absolute atomic E-state index is 9.90. The van der Waals surface area contributed by atoms with E-state index >= 15 is 0 Å². The molecule has 5 heteroatoms. The van der Waals surface area contributed by atoms with Gasteiger partial charge in [0.25, 0.3) is 0 Å². The summed E-state index contributed by atoms with van der Waals surface area (Å²) in [6.45, 7) is 11.2. The van der Waals surface area contributed by atoms with Gasteiger partial charge in [-0.1, -0.05) is 13.8 Å². The van der Waals surface area contributed by atoms with Crippen LogP contribution in [0.1, 0.15) is 26.7 Å². The Bertz CT molecular complexity index is 248. The lowest BCUT2D eigenvalue weighted by Gasteiger charge is -2.46. The standard InChI is InChI=1S/C13H26N2OS.CH2O/c1-11(2)10-15-4-3-12(16)9-13(15)14-5-7-17-8-6-14;1-2/h11-13,16H,3-10H2,1-2H3;1H2. The first-order valence-corrected chi connectivity index (χ1v) is 8.35. The fourth-order valence-corrected chi connectivity index (χ4v) is 3.84. The van der Waals surface area contributed by atoms with Crippen LogP contribution in [0.4, 0.5) is 0 Å². The van der Waals surface area contributed by atoms with Crippen LogP contribution in [0.5, 0.6) is 0 Å². The van der Waals surface area contributed by atoms with Crippen molar-refractivity contribution in [2.75, 3.05) is 37.7 Å². The topological polar surface area (TPSA) is 43.8 Å². The van der Waals surface area contributed by atoms with Gasteiger partial charge in [-0.15, -0.1) is 0 Å². The first-order chi connectivity index (χ1) is 9.16. The molecule has 0 saturated carbocycles. The maximum Gasteiger partial charge on any atom is 0.106 e. The molecule has 1 N–H and O–H groups in total. The molecule has 0 bridgehead atoms. The molecule has 2 fully saturated rings. The summed E-state index contributed by atoms with van der Waals surface area (Å²) >= 11 is 2.06. The Hall–Kier alpha value is -0.100. The summed E-state index contributed by atoms with van der Waals surface area (Å²) in [5.41, 5.74) is 0. The smallest absolute Gasteiger partial charge is 0.106 e. The molecule has 2 heterocycles. The molecule has 2 saturated heterocycles. The maximum atomic E-state index is 9.90. The molecule has 0 aromatic rings. The van der Waals surface area contributed by atoms with Crippen molar-refractivity contribution in [2.45, 2.75) is 39.0 Å². The van der Waals surface area contributed by atoms with Crippen molar-refractivity contribution in [3.8, 4) is 0 Å². The summed E-state index contributed by atoms with van der Waals surface area (Å²) in [5.74, 6) is 3.22. The average molecular weight is 288 g/mol. The van der Waals surface area contributed by atoms with Crippen LogP contribution in [0.3, 0.4) is 0 Å². The first kappa shape index (κ1) is 17.0. The fourth-order valence-electron chi connectivity index (χ4n) is 2.91. The Morgan fingerprint density at radius 1 is 1.26 bits per heavy atom. The number of aliphatic hydroxyl groups excluding tert-OH is 1. The van der Waals surface area contributed by atoms with E-state index in [-0.39, 0.29) is 6.10 Å². The summed E-state index contributed by atoms with van der Waals surface area (Å²) in [7, 11) is 0. The third-order valence-electron chi connectivity index (χ3n) is 3.72. The zero-order chi connectivity index (χ0) is 14.3. The van der Waals surface area contributed by atoms with Gasteiger partial charge in [0.15, 0.2) is 0 Å². The SMILES string of the molecule is C=O.CC(C)CN1CCC(O)CC1N1CCSCC1. The highest BCUT2D eigenvalue weighted by atomic mass is 32.2. The lowest BCUT2D eigenvalue weighted by atomic mass is 10.0. The van der Waals surface area contributed by atoms with Crippen LogP contribution in [-0.4, -0.2) is 71.6 Å². The van der Waals surface area contributed by atoms with Crippen LogP contribution in [0.2, 0.25) is 0 Å². The average Bonchev–Trinajstić information content (AvgIpc) is 2.43. The number of carbonyl (C=O) groups excluding carboxylic acids is 1. The zero-order valence-corrected chi connectivity index (χ0v) is 13.1. The summed E-state index contributed by atoms with van der Waals surface area (Å²) < 4.78 is 0. The predicted molar refractivity (Wildman–Crippen MR) is 81.5 cm³/mol. The molecule has 0 aromatic heterocycles. The van der Waals surface area contributed by atoms with Gasteiger partial charge in [-0.3, -0.25) is 9.80 Å². The second kappa shape index (κ2) is 8.95. The highest BCUT2D eigenvalue weighted by Gasteiger charge is 2.32. The van der Waals surface area contributed by atoms with Gasteiger partial charge < -0.3 is 9.90 Å². The van der Waals surface area contributed by atoms with Crippen LogP contribution < -0.4 is 0 Å². The molecular weight excluding hydrogens is 260 g/mol. The predicted octanol–water partition coefficient (Wildman–Crippen LogP) is 1.29. The third kappa shape index (κ3) is 5.42. The third-order valence-corrected chi connectivity index (χ3v) is 4.66. The number of rotatable bonds is 3. The van der Waals surface area contributed by atoms with Crippen molar-refractivity contribution in [1.82, 2.24) is 9.80 Å². The van der Waals surface area contributed by atoms with Crippen molar-refractivity contribution in [3.63, 3.8) is 0 Å². The number of nitrogens with zero attached hydrogens (tertiary/aromatic N) is 2. The van der Waals surface area contributed by atoms with Crippen molar-refractivity contribution in [2.24, 2.45) is 5.92 Å². The molecule has 2 aliphatic heterocycles. The molecule has 19 heavy (non-hydrogen) atoms. The number of thioether (sulfide) groups is 1. The van der Waals surface area contributed by atoms with Crippen molar-refractivity contribution < 1.29 is 9.90 Å². The minimum Gasteiger partial charge on any atom is -0.393 e. The number of aliphatic hydroxyl groups is 1. The van der Waals surface area contributed by atoms with E-state index in [4.69, 9.17) is 4.79 Å². The number of piperidine rings is 1. The summed E-state index contributed by atoms with van der Waals surface area (Å²) in [6.07, 6.45) is 2.29. The van der Waals surface area contributed by atoms with Crippen LogP contribution in [0.15, 0.2) is 0 Å². The van der Waals surface area contributed by atoms with E-state index in [9.17, 15) is 5.11 Å². The quantitative estimate of drug-likeness (QED) is 0.848. The minimum absolute atomic E-state index is 0.0852. The van der Waals surface area contributed by atoms with E-state index in [1.165, 1.54) is 31.1 Å². The monoisotopic (exact) mass is 288 g/mol. The molecule has 0 radical (unpaired) electrons. The number of likely N-dealkylation sites (tertiary alicyclic amines) is 1. The number of hydrogen-bond acceptors (Lipinski definition) is 5. The van der Waals surface area contributed by atoms with Crippen LogP contribution in [0, 0.1) is 5.92 Å². The van der Waals surface area contributed by atoms with E-state index < -0.39 is 0 Å². The Labute approximate surface area is 121 Å². The molecule has 0 aliphatic carbocycles. The Balaban J connectivity index is 0.000000861. The Morgan fingerprint density at radius 2 is 1.89 bits per heavy atom. The van der Waals surface area contributed by atoms with Gasteiger partial charge in [0.1, 0.15) is 6.79 Å². The lowest BCUT2D eigenvalue weighted by Crippen LogP contribution is -2.56. The van der Waals surface area contributed by atoms with E-state index in [0.29, 0.717) is 12.1 Å². The van der Waals surface area contributed by atoms with Crippen LogP contribution in [0.25, 0.3) is 0 Å². The number of carbonyl (C=O) groups is 1. The van der Waals surface area contributed by atoms with Crippen LogP contribution >= 0.6 is 11.8 Å². The number of hydrogen-bond donors (Lipinski definition) is 1. The molecule has 112 valence electrons. The summed E-state index contributed by atoms with van der Waals surface area (Å²) in [5, 5.41) is 9.90. The Morgan fingerprint density at radius 3 is 2.47 bits per heavy atom. The van der Waals surface area contributed by atoms with Gasteiger partial charge in [0.2, 0.25) is 0 Å². The zero-order valence-electron chi connectivity index (χ0n) is 12.3. The van der Waals surface area contributed by atoms with Gasteiger partial charge in [-0.05, 0) is 12.3 Å². The largest absolute Gasteiger partial charge is 0.393 e. The summed E-state index contributed by atoms with van der Waals surface area (Å²) in [4.78, 5) is 13.2. The van der Waals surface area contributed by atoms with E-state index in [1.807, 2.05) is 6.79 Å². The fraction of sp³-hybridized carbons (Fsp3) is 0.929. The van der Waals surface area contributed by atoms with E-state index in [2.05, 4.69) is 35.4 Å². The normalized spacial score (nSPS) is 29.9. The molecule has 0 aromatic carbocycles. The second-order valence-electron chi connectivity index (χ2n) is 5.70. The van der Waals surface area contributed by atoms with Gasteiger partial charge in [-0.2, -0.15) is 11.8 Å². The van der Waals surface area contributed by atoms with E-state index in [1.54, 1.807) is 0 Å². The summed E-state index contributed by atoms with van der Waals surface area (Å²) in [6, 6.07) is 0. The van der Waals surface area contributed by atoms with Crippen molar-refractivity contribution >= 4 is 18.6 Å². The van der Waals surface area contributed by atoms with Crippen LogP contribution in [-0.2, 0) is 4.79 Å². The van der Waals surface area contributed by atoms with Gasteiger partial charge in [-0.25, -0.2) is 0 Å². The van der Waals surface area contributed by atoms with Gasteiger partial charge in [0, 0.05) is 44.1 Å².